The minimum atomic E-state index is -3.95. The molecular formula is C13H18BF2NO3. The Bertz CT molecular complexity index is 619. The van der Waals surface area contributed by atoms with Crippen LogP contribution in [0.2, 0.25) is 0 Å². The van der Waals surface area contributed by atoms with Gasteiger partial charge in [-0.25, -0.2) is 8.78 Å². The molecule has 1 fully saturated rings. The van der Waals surface area contributed by atoms with Crippen LogP contribution in [0, 0.1) is 0 Å². The average molecular weight is 289 g/mol. The lowest BCUT2D eigenvalue weighted by Gasteiger charge is -2.32. The summed E-state index contributed by atoms with van der Waals surface area (Å²) in [4.78, 5) is 3.42. The molecule has 0 unspecified atom stereocenters. The Morgan fingerprint density at radius 2 is 1.95 bits per heavy atom. The minimum Gasteiger partial charge on any atom is -0.496 e. The summed E-state index contributed by atoms with van der Waals surface area (Å²) in [6, 6.07) is 0.871. The molecule has 0 aromatic carbocycles. The third-order valence-electron chi connectivity index (χ3n) is 3.71. The molecule has 2 heterocycles. The van der Waals surface area contributed by atoms with Crippen LogP contribution in [-0.2, 0) is 9.31 Å². The molecule has 0 saturated carbocycles. The Balaban J connectivity index is 2.49. The van der Waals surface area contributed by atoms with Crippen LogP contribution in [0.15, 0.2) is 12.3 Å². The fourth-order valence-corrected chi connectivity index (χ4v) is 1.80. The minimum absolute atomic E-state index is 0.0540. The summed E-state index contributed by atoms with van der Waals surface area (Å²) in [6.07, 6.45) is -3.11. The maximum absolute atomic E-state index is 13.3. The van der Waals surface area contributed by atoms with Gasteiger partial charge in [-0.3, -0.25) is 4.98 Å². The van der Waals surface area contributed by atoms with Crippen molar-refractivity contribution in [3.8, 4) is 5.75 Å². The number of ether oxygens (including phenoxy) is 1. The molecule has 1 aromatic heterocycles. The van der Waals surface area contributed by atoms with Gasteiger partial charge < -0.3 is 14.0 Å². The molecule has 7 heteroatoms. The summed E-state index contributed by atoms with van der Waals surface area (Å²) < 4.78 is 71.2. The maximum atomic E-state index is 13.3. The molecule has 20 heavy (non-hydrogen) atoms. The number of nitrogens with zero attached hydrogens (tertiary/aromatic N) is 1. The summed E-state index contributed by atoms with van der Waals surface area (Å²) in [6.45, 7) is 7.05. The summed E-state index contributed by atoms with van der Waals surface area (Å²) >= 11 is 0. The number of alkyl halides is 2. The molecule has 110 valence electrons. The Morgan fingerprint density at radius 1 is 1.35 bits per heavy atom. The number of pyridine rings is 1. The van der Waals surface area contributed by atoms with Gasteiger partial charge in [0.05, 0.1) is 28.5 Å². The van der Waals surface area contributed by atoms with Crippen molar-refractivity contribution in [3.63, 3.8) is 0 Å². The number of halogens is 2. The van der Waals surface area contributed by atoms with Crippen LogP contribution in [0.25, 0.3) is 0 Å². The van der Waals surface area contributed by atoms with E-state index in [0.717, 1.165) is 12.3 Å². The van der Waals surface area contributed by atoms with Crippen molar-refractivity contribution in [2.24, 2.45) is 0 Å². The third-order valence-corrected chi connectivity index (χ3v) is 3.71. The Kier molecular flexibility index (Phi) is 2.61. The number of hydrogen-bond donors (Lipinski definition) is 0. The van der Waals surface area contributed by atoms with Gasteiger partial charge >= 0.3 is 7.12 Å². The smallest absolute Gasteiger partial charge is 0.496 e. The van der Waals surface area contributed by atoms with Crippen LogP contribution in [-0.4, -0.2) is 30.3 Å². The van der Waals surface area contributed by atoms with Gasteiger partial charge in [0.2, 0.25) is 0 Å². The number of rotatable bonds is 3. The lowest BCUT2D eigenvalue weighted by molar-refractivity contribution is 0.00578. The van der Waals surface area contributed by atoms with Crippen molar-refractivity contribution in [1.29, 1.82) is 0 Å². The molecule has 0 radical (unpaired) electrons. The molecule has 1 aromatic rings. The predicted molar refractivity (Wildman–Crippen MR) is 71.5 cm³/mol. The van der Waals surface area contributed by atoms with E-state index in [4.69, 9.17) is 19.5 Å². The first kappa shape index (κ1) is 10.5. The molecule has 1 aliphatic rings. The maximum Gasteiger partial charge on any atom is 0.498 e. The van der Waals surface area contributed by atoms with Crippen LogP contribution in [0.5, 0.6) is 5.75 Å². The molecule has 0 spiro atoms. The van der Waals surface area contributed by atoms with Gasteiger partial charge in [0.1, 0.15) is 12.8 Å². The Morgan fingerprint density at radius 3 is 2.45 bits per heavy atom. The van der Waals surface area contributed by atoms with Gasteiger partial charge in [-0.2, -0.15) is 0 Å². The van der Waals surface area contributed by atoms with Gasteiger partial charge in [0, 0.05) is 5.46 Å². The second kappa shape index (κ2) is 4.97. The van der Waals surface area contributed by atoms with Crippen LogP contribution in [0.4, 0.5) is 8.78 Å². The Labute approximate surface area is 123 Å². The highest BCUT2D eigenvalue weighted by atomic mass is 19.3. The lowest BCUT2D eigenvalue weighted by Crippen LogP contribution is -2.41. The topological polar surface area (TPSA) is 40.6 Å². The molecule has 4 nitrogen and oxygen atoms in total. The van der Waals surface area contributed by atoms with Crippen molar-refractivity contribution in [1.82, 2.24) is 4.98 Å². The van der Waals surface area contributed by atoms with Crippen LogP contribution in [0.3, 0.4) is 0 Å². The van der Waals surface area contributed by atoms with E-state index in [1.807, 2.05) is 0 Å². The summed E-state index contributed by atoms with van der Waals surface area (Å²) in [5, 5.41) is 0. The van der Waals surface area contributed by atoms with Crippen molar-refractivity contribution in [3.05, 3.63) is 18.0 Å². The van der Waals surface area contributed by atoms with Crippen molar-refractivity contribution in [2.75, 3.05) is 7.04 Å². The van der Waals surface area contributed by atoms with Gasteiger partial charge in [0.25, 0.3) is 6.40 Å². The average Bonchev–Trinajstić information content (AvgIpc) is 2.55. The fraction of sp³-hybridized carbons (Fsp3) is 0.615. The van der Waals surface area contributed by atoms with Crippen molar-refractivity contribution >= 4 is 12.6 Å². The van der Waals surface area contributed by atoms with E-state index in [-0.39, 0.29) is 11.2 Å². The van der Waals surface area contributed by atoms with Gasteiger partial charge in [-0.15, -0.1) is 0 Å². The largest absolute Gasteiger partial charge is 0.498 e. The van der Waals surface area contributed by atoms with Gasteiger partial charge in [-0.05, 0) is 33.8 Å². The molecule has 1 aliphatic heterocycles. The first-order valence-electron chi connectivity index (χ1n) is 8.05. The van der Waals surface area contributed by atoms with Gasteiger partial charge in [-0.1, -0.05) is 0 Å². The quantitative estimate of drug-likeness (QED) is 0.801. The van der Waals surface area contributed by atoms with Crippen LogP contribution < -0.4 is 10.2 Å². The third kappa shape index (κ3) is 2.52. The first-order valence-corrected chi connectivity index (χ1v) is 6.05. The zero-order valence-electron chi connectivity index (χ0n) is 15.7. The molecule has 0 N–H and O–H groups in total. The van der Waals surface area contributed by atoms with Crippen LogP contribution in [0.1, 0.15) is 45.3 Å². The van der Waals surface area contributed by atoms with Crippen molar-refractivity contribution < 1.29 is 28.3 Å². The highest BCUT2D eigenvalue weighted by Crippen LogP contribution is 2.37. The van der Waals surface area contributed by atoms with E-state index in [1.54, 1.807) is 27.7 Å². The fourth-order valence-electron chi connectivity index (χ4n) is 1.80. The lowest BCUT2D eigenvalue weighted by atomic mass is 9.78. The number of hydrogen-bond acceptors (Lipinski definition) is 4. The summed E-state index contributed by atoms with van der Waals surface area (Å²) in [5.41, 5.74) is -2.43. The standard InChI is InChI=1S/C13H18BF2NO3/c1-12(2)13(3,4)20-14(19-12)8-6-9(11(15)16)17-7-10(8)18-5/h6-7,11H,1-5H3/i5D3,11D. The zero-order chi connectivity index (χ0) is 18.6. The predicted octanol–water partition coefficient (Wildman–Crippen LogP) is 2.33. The first-order chi connectivity index (χ1) is 10.6. The molecule has 0 aliphatic carbocycles. The molecular weight excluding hydrogens is 267 g/mol. The highest BCUT2D eigenvalue weighted by molar-refractivity contribution is 6.63. The van der Waals surface area contributed by atoms with Crippen molar-refractivity contribution in [2.45, 2.75) is 45.3 Å². The summed E-state index contributed by atoms with van der Waals surface area (Å²) in [7, 11) is -3.93. The monoisotopic (exact) mass is 289 g/mol. The number of methoxy groups -OCH3 is 1. The van der Waals surface area contributed by atoms with Crippen LogP contribution >= 0.6 is 0 Å². The molecule has 2 rings (SSSR count). The highest BCUT2D eigenvalue weighted by Gasteiger charge is 2.52. The SMILES string of the molecule is [2H]C([2H])([2H])Oc1cnc(C([2H])(F)F)cc1B1OC(C)(C)C(C)(C)O1. The van der Waals surface area contributed by atoms with Gasteiger partial charge in [0.15, 0.2) is 0 Å². The normalized spacial score (nSPS) is 24.6. The molecule has 0 amide bonds. The zero-order valence-corrected chi connectivity index (χ0v) is 11.7. The summed E-state index contributed by atoms with van der Waals surface area (Å²) in [5.74, 6) is -0.262. The van der Waals surface area contributed by atoms with E-state index >= 15 is 0 Å². The molecule has 1 saturated heterocycles. The van der Waals surface area contributed by atoms with E-state index < -0.39 is 37.5 Å². The molecule has 0 atom stereocenters. The second-order valence-electron chi connectivity index (χ2n) is 5.56. The van der Waals surface area contributed by atoms with E-state index in [0.29, 0.717) is 0 Å². The van der Waals surface area contributed by atoms with E-state index in [1.165, 1.54) is 0 Å². The number of aromatic nitrogens is 1. The molecule has 0 bridgehead atoms. The Hall–Kier alpha value is -1.21. The van der Waals surface area contributed by atoms with E-state index in [9.17, 15) is 8.78 Å². The second-order valence-corrected chi connectivity index (χ2v) is 5.56. The van der Waals surface area contributed by atoms with E-state index in [2.05, 4.69) is 4.98 Å².